The van der Waals surface area contributed by atoms with Crippen molar-refractivity contribution in [3.63, 3.8) is 0 Å². The van der Waals surface area contributed by atoms with Crippen molar-refractivity contribution in [2.75, 3.05) is 0 Å². The summed E-state index contributed by atoms with van der Waals surface area (Å²) in [6.45, 7) is 14.3. The van der Waals surface area contributed by atoms with Gasteiger partial charge in [-0.1, -0.05) is 50.6 Å². The lowest BCUT2D eigenvalue weighted by Gasteiger charge is -2.22. The number of rotatable bonds is 6. The predicted octanol–water partition coefficient (Wildman–Crippen LogP) is 5.01. The molecule has 0 spiro atoms. The van der Waals surface area contributed by atoms with Crippen LogP contribution in [0.4, 0.5) is 0 Å². The molecule has 1 nitrogen and oxygen atoms in total. The summed E-state index contributed by atoms with van der Waals surface area (Å²) in [5.74, 6) is 0.397. The molecule has 0 saturated heterocycles. The second-order valence-electron chi connectivity index (χ2n) is 6.84. The van der Waals surface area contributed by atoms with Gasteiger partial charge in [0.2, 0.25) is 0 Å². The third-order valence-electron chi connectivity index (χ3n) is 3.78. The van der Waals surface area contributed by atoms with Crippen molar-refractivity contribution in [3.8, 4) is 0 Å². The Labute approximate surface area is 124 Å². The summed E-state index contributed by atoms with van der Waals surface area (Å²) < 4.78 is 0. The average Bonchev–Trinajstić information content (AvgIpc) is 2.32. The number of hydrogen-bond donors (Lipinski definition) is 0. The number of hydrogen-bond acceptors (Lipinski definition) is 1. The lowest BCUT2D eigenvalue weighted by molar-refractivity contribution is -0.120. The Morgan fingerprint density at radius 1 is 1.30 bits per heavy atom. The van der Waals surface area contributed by atoms with Crippen LogP contribution < -0.4 is 0 Å². The molecule has 1 unspecified atom stereocenters. The molecule has 0 amide bonds. The summed E-state index contributed by atoms with van der Waals surface area (Å²) in [6.07, 6.45) is 4.54. The van der Waals surface area contributed by atoms with E-state index in [1.165, 1.54) is 16.7 Å². The van der Waals surface area contributed by atoms with Crippen LogP contribution in [0.1, 0.15) is 57.2 Å². The molecular weight excluding hydrogens is 244 g/mol. The van der Waals surface area contributed by atoms with Gasteiger partial charge in [0.25, 0.3) is 0 Å². The molecule has 1 rings (SSSR count). The smallest absolute Gasteiger partial charge is 0.133 e. The first-order valence-corrected chi connectivity index (χ1v) is 7.46. The zero-order chi connectivity index (χ0) is 15.3. The van der Waals surface area contributed by atoms with Crippen LogP contribution in [0.3, 0.4) is 0 Å². The van der Waals surface area contributed by atoms with Crippen LogP contribution in [0.2, 0.25) is 0 Å². The molecule has 110 valence electrons. The van der Waals surface area contributed by atoms with E-state index >= 15 is 0 Å². The molecule has 20 heavy (non-hydrogen) atoms. The molecule has 1 aromatic rings. The highest BCUT2D eigenvalue weighted by molar-refractivity contribution is 5.78. The van der Waals surface area contributed by atoms with Gasteiger partial charge in [-0.25, -0.2) is 0 Å². The molecule has 0 bridgehead atoms. The van der Waals surface area contributed by atoms with Crippen molar-refractivity contribution in [1.29, 1.82) is 0 Å². The average molecular weight is 272 g/mol. The summed E-state index contributed by atoms with van der Waals surface area (Å²) in [7, 11) is 0. The topological polar surface area (TPSA) is 17.1 Å². The van der Waals surface area contributed by atoms with Crippen LogP contribution >= 0.6 is 0 Å². The fourth-order valence-corrected chi connectivity index (χ4v) is 2.47. The molecule has 1 heteroatoms. The zero-order valence-corrected chi connectivity index (χ0v) is 13.6. The first-order valence-electron chi connectivity index (χ1n) is 7.46. The maximum atomic E-state index is 11.8. The maximum absolute atomic E-state index is 11.8. The molecule has 0 aliphatic rings. The first-order chi connectivity index (χ1) is 9.24. The number of aryl methyl sites for hydroxylation is 1. The second-order valence-corrected chi connectivity index (χ2v) is 6.84. The van der Waals surface area contributed by atoms with Gasteiger partial charge < -0.3 is 0 Å². The van der Waals surface area contributed by atoms with Gasteiger partial charge >= 0.3 is 0 Å². The van der Waals surface area contributed by atoms with Gasteiger partial charge in [0, 0.05) is 5.92 Å². The van der Waals surface area contributed by atoms with Crippen molar-refractivity contribution in [1.82, 2.24) is 0 Å². The third-order valence-corrected chi connectivity index (χ3v) is 3.78. The van der Waals surface area contributed by atoms with Crippen molar-refractivity contribution >= 4 is 5.78 Å². The highest BCUT2D eigenvalue weighted by atomic mass is 16.1. The number of carbonyl (C=O) groups excluding carboxylic acids is 1. The molecule has 0 saturated carbocycles. The molecular formula is C19H28O. The van der Waals surface area contributed by atoms with Crippen molar-refractivity contribution in [2.45, 2.75) is 59.3 Å². The Bertz CT molecular complexity index is 477. The highest BCUT2D eigenvalue weighted by Gasteiger charge is 2.18. The van der Waals surface area contributed by atoms with E-state index < -0.39 is 0 Å². The van der Waals surface area contributed by atoms with E-state index in [4.69, 9.17) is 0 Å². The number of ketones is 1. The SMILES string of the molecule is C=CCCC(Cc1cc(C)cc(C(C)(C)C)c1)C(C)=O. The van der Waals surface area contributed by atoms with Gasteiger partial charge in [0.1, 0.15) is 5.78 Å². The van der Waals surface area contributed by atoms with Gasteiger partial charge in [-0.15, -0.1) is 6.58 Å². The van der Waals surface area contributed by atoms with E-state index in [1.54, 1.807) is 6.92 Å². The van der Waals surface area contributed by atoms with Crippen LogP contribution in [0, 0.1) is 12.8 Å². The lowest BCUT2D eigenvalue weighted by Crippen LogP contribution is -2.16. The van der Waals surface area contributed by atoms with Gasteiger partial charge in [-0.2, -0.15) is 0 Å². The summed E-state index contributed by atoms with van der Waals surface area (Å²) in [4.78, 5) is 11.8. The Balaban J connectivity index is 2.98. The highest BCUT2D eigenvalue weighted by Crippen LogP contribution is 2.26. The fraction of sp³-hybridized carbons (Fsp3) is 0.526. The van der Waals surface area contributed by atoms with Crippen LogP contribution in [0.25, 0.3) is 0 Å². The Morgan fingerprint density at radius 3 is 2.45 bits per heavy atom. The first kappa shape index (κ1) is 16.7. The maximum Gasteiger partial charge on any atom is 0.133 e. The largest absolute Gasteiger partial charge is 0.300 e. The van der Waals surface area contributed by atoms with E-state index in [1.807, 2.05) is 6.08 Å². The van der Waals surface area contributed by atoms with Crippen LogP contribution in [0.15, 0.2) is 30.9 Å². The summed E-state index contributed by atoms with van der Waals surface area (Å²) >= 11 is 0. The Morgan fingerprint density at radius 2 is 1.95 bits per heavy atom. The van der Waals surface area contributed by atoms with Gasteiger partial charge in [0.05, 0.1) is 0 Å². The quantitative estimate of drug-likeness (QED) is 0.665. The van der Waals surface area contributed by atoms with Crippen LogP contribution in [-0.2, 0) is 16.6 Å². The van der Waals surface area contributed by atoms with Crippen molar-refractivity contribution in [2.24, 2.45) is 5.92 Å². The molecule has 1 aromatic carbocycles. The molecule has 0 fully saturated rings. The molecule has 0 N–H and O–H groups in total. The van der Waals surface area contributed by atoms with Crippen LogP contribution in [0.5, 0.6) is 0 Å². The van der Waals surface area contributed by atoms with Crippen LogP contribution in [-0.4, -0.2) is 5.78 Å². The van der Waals surface area contributed by atoms with Crippen molar-refractivity contribution in [3.05, 3.63) is 47.5 Å². The minimum absolute atomic E-state index is 0.114. The molecule has 1 atom stereocenters. The number of benzene rings is 1. The molecule has 0 aliphatic carbocycles. The predicted molar refractivity (Wildman–Crippen MR) is 87.2 cm³/mol. The summed E-state index contributed by atoms with van der Waals surface area (Å²) in [5, 5.41) is 0. The van der Waals surface area contributed by atoms with Gasteiger partial charge in [-0.05, 0) is 49.7 Å². The lowest BCUT2D eigenvalue weighted by atomic mass is 9.83. The normalized spacial score (nSPS) is 13.1. The number of allylic oxidation sites excluding steroid dienone is 1. The Kier molecular flexibility index (Phi) is 5.74. The molecule has 0 aliphatic heterocycles. The minimum atomic E-state index is 0.114. The van der Waals surface area contributed by atoms with E-state index in [0.29, 0.717) is 0 Å². The van der Waals surface area contributed by atoms with E-state index in [0.717, 1.165) is 19.3 Å². The third kappa shape index (κ3) is 4.96. The summed E-state index contributed by atoms with van der Waals surface area (Å²) in [6, 6.07) is 6.71. The van der Waals surface area contributed by atoms with Gasteiger partial charge in [-0.3, -0.25) is 4.79 Å². The second kappa shape index (κ2) is 6.88. The van der Waals surface area contributed by atoms with E-state index in [-0.39, 0.29) is 17.1 Å². The van der Waals surface area contributed by atoms with E-state index in [2.05, 4.69) is 52.5 Å². The Hall–Kier alpha value is -1.37. The van der Waals surface area contributed by atoms with Crippen molar-refractivity contribution < 1.29 is 4.79 Å². The minimum Gasteiger partial charge on any atom is -0.300 e. The fourth-order valence-electron chi connectivity index (χ4n) is 2.47. The number of Topliss-reactive ketones (excluding diaryl/α,β-unsaturated/α-hetero) is 1. The summed E-state index contributed by atoms with van der Waals surface area (Å²) in [5.41, 5.74) is 4.05. The molecule has 0 heterocycles. The monoisotopic (exact) mass is 272 g/mol. The molecule has 0 radical (unpaired) electrons. The van der Waals surface area contributed by atoms with Gasteiger partial charge in [0.15, 0.2) is 0 Å². The standard InChI is InChI=1S/C19H28O/c1-7-8-9-17(15(3)20)12-16-10-14(2)11-18(13-16)19(4,5)6/h7,10-11,13,17H,1,8-9,12H2,2-6H3. The molecule has 0 aromatic heterocycles. The van der Waals surface area contributed by atoms with E-state index in [9.17, 15) is 4.79 Å². The zero-order valence-electron chi connectivity index (χ0n) is 13.6. The number of carbonyl (C=O) groups is 1.